The molecule has 1 aliphatic rings. The van der Waals surface area contributed by atoms with Gasteiger partial charge in [0.1, 0.15) is 18.9 Å². The zero-order valence-electron chi connectivity index (χ0n) is 15.0. The first kappa shape index (κ1) is 17.0. The van der Waals surface area contributed by atoms with E-state index >= 15 is 0 Å². The number of amides is 1. The maximum atomic E-state index is 12.2. The number of carbonyl (C=O) groups is 1. The van der Waals surface area contributed by atoms with E-state index in [-0.39, 0.29) is 24.3 Å². The Morgan fingerprint density at radius 3 is 3.04 bits per heavy atom. The van der Waals surface area contributed by atoms with Crippen molar-refractivity contribution in [2.24, 2.45) is 0 Å². The molecule has 0 aliphatic carbocycles. The predicted molar refractivity (Wildman–Crippen MR) is 100.0 cm³/mol. The highest BCUT2D eigenvalue weighted by Gasteiger charge is 2.24. The summed E-state index contributed by atoms with van der Waals surface area (Å²) < 4.78 is 1.38. The summed E-state index contributed by atoms with van der Waals surface area (Å²) in [5.74, 6) is -0.0620. The molecule has 1 saturated heterocycles. The molecule has 8 nitrogen and oxygen atoms in total. The minimum absolute atomic E-state index is 0.0629. The molecule has 1 atom stereocenters. The summed E-state index contributed by atoms with van der Waals surface area (Å²) >= 11 is 0. The lowest BCUT2D eigenvalue weighted by Gasteiger charge is -2.19. The number of hydrogen-bond donors (Lipinski definition) is 1. The number of anilines is 1. The summed E-state index contributed by atoms with van der Waals surface area (Å²) in [5, 5.41) is 18.0. The van der Waals surface area contributed by atoms with E-state index in [4.69, 9.17) is 5.26 Å². The molecule has 8 heteroatoms. The fourth-order valence-corrected chi connectivity index (χ4v) is 3.39. The van der Waals surface area contributed by atoms with Crippen molar-refractivity contribution in [3.63, 3.8) is 0 Å². The van der Waals surface area contributed by atoms with Crippen LogP contribution in [-0.2, 0) is 11.3 Å². The van der Waals surface area contributed by atoms with Crippen molar-refractivity contribution in [3.05, 3.63) is 48.3 Å². The van der Waals surface area contributed by atoms with Gasteiger partial charge in [0.05, 0.1) is 0 Å². The van der Waals surface area contributed by atoms with Gasteiger partial charge in [-0.1, -0.05) is 6.07 Å². The Hall–Kier alpha value is -3.47. The van der Waals surface area contributed by atoms with E-state index in [0.717, 1.165) is 36.3 Å². The van der Waals surface area contributed by atoms with Gasteiger partial charge in [-0.15, -0.1) is 5.10 Å². The standard InChI is InChI=1S/C19H19N7O/c1-13-6-15-7-17(3-2-14(15)9-21-13)25-5-4-16(10-25)23-19(27)11-26-12-22-18(8-20)24-26/h2-3,6-7,9,12,16H,4-5,10-11H2,1H3,(H,23,27)/t16-/m0/s1. The first-order chi connectivity index (χ1) is 13.1. The van der Waals surface area contributed by atoms with Crippen molar-refractivity contribution in [2.45, 2.75) is 25.9 Å². The van der Waals surface area contributed by atoms with E-state index in [1.54, 1.807) is 0 Å². The van der Waals surface area contributed by atoms with Gasteiger partial charge >= 0.3 is 0 Å². The molecule has 136 valence electrons. The van der Waals surface area contributed by atoms with Crippen LogP contribution in [0.15, 0.2) is 36.8 Å². The van der Waals surface area contributed by atoms with Gasteiger partial charge in [0, 0.05) is 42.1 Å². The van der Waals surface area contributed by atoms with Gasteiger partial charge in [0.25, 0.3) is 5.82 Å². The fourth-order valence-electron chi connectivity index (χ4n) is 3.39. The molecule has 1 aliphatic heterocycles. The van der Waals surface area contributed by atoms with E-state index in [9.17, 15) is 4.79 Å². The molecular weight excluding hydrogens is 342 g/mol. The normalized spacial score (nSPS) is 16.4. The second-order valence-corrected chi connectivity index (χ2v) is 6.73. The van der Waals surface area contributed by atoms with Gasteiger partial charge in [-0.3, -0.25) is 9.78 Å². The minimum Gasteiger partial charge on any atom is -0.369 e. The van der Waals surface area contributed by atoms with Crippen LogP contribution in [0.25, 0.3) is 10.8 Å². The number of rotatable bonds is 4. The number of nitriles is 1. The molecule has 0 spiro atoms. The molecule has 0 bridgehead atoms. The Morgan fingerprint density at radius 2 is 2.22 bits per heavy atom. The van der Waals surface area contributed by atoms with Gasteiger partial charge < -0.3 is 10.2 Å². The van der Waals surface area contributed by atoms with Crippen LogP contribution in [0.5, 0.6) is 0 Å². The summed E-state index contributed by atoms with van der Waals surface area (Å²) in [6, 6.07) is 10.4. The number of hydrogen-bond acceptors (Lipinski definition) is 6. The molecule has 3 heterocycles. The van der Waals surface area contributed by atoms with Crippen molar-refractivity contribution >= 4 is 22.4 Å². The quantitative estimate of drug-likeness (QED) is 0.754. The lowest BCUT2D eigenvalue weighted by atomic mass is 10.1. The fraction of sp³-hybridized carbons (Fsp3) is 0.316. The van der Waals surface area contributed by atoms with Crippen molar-refractivity contribution in [1.29, 1.82) is 5.26 Å². The Labute approximate surface area is 156 Å². The van der Waals surface area contributed by atoms with E-state index in [2.05, 4.69) is 49.5 Å². The number of pyridine rings is 1. The number of nitrogens with one attached hydrogen (secondary N) is 1. The van der Waals surface area contributed by atoms with E-state index in [1.807, 2.05) is 19.2 Å². The highest BCUT2D eigenvalue weighted by Crippen LogP contribution is 2.25. The van der Waals surface area contributed by atoms with Gasteiger partial charge in [0.15, 0.2) is 0 Å². The molecule has 3 aromatic rings. The van der Waals surface area contributed by atoms with Crippen molar-refractivity contribution < 1.29 is 4.79 Å². The largest absolute Gasteiger partial charge is 0.369 e. The third kappa shape index (κ3) is 3.72. The van der Waals surface area contributed by atoms with Crippen LogP contribution in [0.1, 0.15) is 17.9 Å². The Balaban J connectivity index is 1.38. The van der Waals surface area contributed by atoms with E-state index < -0.39 is 0 Å². The summed E-state index contributed by atoms with van der Waals surface area (Å²) in [6.07, 6.45) is 4.17. The Morgan fingerprint density at radius 1 is 1.33 bits per heavy atom. The number of aromatic nitrogens is 4. The average Bonchev–Trinajstić information content (AvgIpc) is 3.30. The molecule has 1 N–H and O–H groups in total. The van der Waals surface area contributed by atoms with Crippen LogP contribution in [0.2, 0.25) is 0 Å². The van der Waals surface area contributed by atoms with Crippen molar-refractivity contribution in [3.8, 4) is 6.07 Å². The first-order valence-corrected chi connectivity index (χ1v) is 8.81. The van der Waals surface area contributed by atoms with Crippen LogP contribution in [-0.4, -0.2) is 44.8 Å². The third-order valence-electron chi connectivity index (χ3n) is 4.70. The van der Waals surface area contributed by atoms with Crippen molar-refractivity contribution in [2.75, 3.05) is 18.0 Å². The number of carbonyl (C=O) groups excluding carboxylic acids is 1. The number of aryl methyl sites for hydroxylation is 1. The predicted octanol–water partition coefficient (Wildman–Crippen LogP) is 1.40. The molecule has 1 fully saturated rings. The molecular formula is C19H19N7O. The van der Waals surface area contributed by atoms with Crippen LogP contribution in [0.4, 0.5) is 5.69 Å². The molecule has 2 aromatic heterocycles. The summed E-state index contributed by atoms with van der Waals surface area (Å²) in [4.78, 5) is 22.6. The topological polar surface area (TPSA) is 99.7 Å². The van der Waals surface area contributed by atoms with Crippen LogP contribution >= 0.6 is 0 Å². The molecule has 1 amide bonds. The van der Waals surface area contributed by atoms with Gasteiger partial charge in [0.2, 0.25) is 5.91 Å². The minimum atomic E-state index is -0.128. The molecule has 1 aromatic carbocycles. The summed E-state index contributed by atoms with van der Waals surface area (Å²) in [7, 11) is 0. The average molecular weight is 361 g/mol. The molecule has 27 heavy (non-hydrogen) atoms. The Kier molecular flexibility index (Phi) is 4.42. The van der Waals surface area contributed by atoms with Gasteiger partial charge in [-0.2, -0.15) is 5.26 Å². The molecule has 4 rings (SSSR count). The van der Waals surface area contributed by atoms with E-state index in [1.165, 1.54) is 16.4 Å². The maximum Gasteiger partial charge on any atom is 0.252 e. The lowest BCUT2D eigenvalue weighted by molar-refractivity contribution is -0.122. The zero-order chi connectivity index (χ0) is 18.8. The molecule has 0 radical (unpaired) electrons. The number of benzene rings is 1. The highest BCUT2D eigenvalue weighted by atomic mass is 16.2. The Bertz CT molecular complexity index is 1040. The van der Waals surface area contributed by atoms with Crippen molar-refractivity contribution in [1.82, 2.24) is 25.1 Å². The number of fused-ring (bicyclic) bond motifs is 1. The third-order valence-corrected chi connectivity index (χ3v) is 4.70. The van der Waals surface area contributed by atoms with Crippen LogP contribution < -0.4 is 10.2 Å². The van der Waals surface area contributed by atoms with Crippen LogP contribution in [0, 0.1) is 18.3 Å². The lowest BCUT2D eigenvalue weighted by Crippen LogP contribution is -2.39. The smallest absolute Gasteiger partial charge is 0.252 e. The second kappa shape index (κ2) is 7.03. The number of nitrogens with zero attached hydrogens (tertiary/aromatic N) is 6. The van der Waals surface area contributed by atoms with Gasteiger partial charge in [-0.05, 0) is 36.9 Å². The summed E-state index contributed by atoms with van der Waals surface area (Å²) in [6.45, 7) is 3.71. The second-order valence-electron chi connectivity index (χ2n) is 6.73. The molecule has 0 unspecified atom stereocenters. The highest BCUT2D eigenvalue weighted by molar-refractivity contribution is 5.85. The van der Waals surface area contributed by atoms with Crippen LogP contribution in [0.3, 0.4) is 0 Å². The maximum absolute atomic E-state index is 12.2. The monoisotopic (exact) mass is 361 g/mol. The molecule has 0 saturated carbocycles. The van der Waals surface area contributed by atoms with E-state index in [0.29, 0.717) is 0 Å². The zero-order valence-corrected chi connectivity index (χ0v) is 15.0. The first-order valence-electron chi connectivity index (χ1n) is 8.81. The van der Waals surface area contributed by atoms with Gasteiger partial charge in [-0.25, -0.2) is 9.67 Å². The SMILES string of the molecule is Cc1cc2cc(N3CC[C@H](NC(=O)Cn4cnc(C#N)n4)C3)ccc2cn1. The summed E-state index contributed by atoms with van der Waals surface area (Å²) in [5.41, 5.74) is 2.15.